The SMILES string of the molecule is CCOC(=O)c1cc2c(N(C)[O-])cccc2[nH]1. The second kappa shape index (κ2) is 4.47. The van der Waals surface area contributed by atoms with E-state index in [2.05, 4.69) is 4.98 Å². The number of benzene rings is 1. The van der Waals surface area contributed by atoms with Gasteiger partial charge in [-0.05, 0) is 32.2 Å². The second-order valence-corrected chi connectivity index (χ2v) is 3.64. The van der Waals surface area contributed by atoms with Crippen LogP contribution >= 0.6 is 0 Å². The molecule has 2 rings (SSSR count). The molecule has 0 saturated heterocycles. The van der Waals surface area contributed by atoms with Gasteiger partial charge in [0.25, 0.3) is 0 Å². The van der Waals surface area contributed by atoms with Crippen molar-refractivity contribution in [2.75, 3.05) is 18.7 Å². The number of ether oxygens (including phenoxy) is 1. The van der Waals surface area contributed by atoms with Crippen molar-refractivity contribution in [2.45, 2.75) is 6.92 Å². The van der Waals surface area contributed by atoms with E-state index in [-0.39, 0.29) is 0 Å². The van der Waals surface area contributed by atoms with Gasteiger partial charge in [0.1, 0.15) is 5.69 Å². The third kappa shape index (κ3) is 2.09. The van der Waals surface area contributed by atoms with Gasteiger partial charge in [-0.25, -0.2) is 4.79 Å². The van der Waals surface area contributed by atoms with E-state index in [1.807, 2.05) is 6.07 Å². The van der Waals surface area contributed by atoms with Crippen molar-refractivity contribution >= 4 is 22.6 Å². The fourth-order valence-electron chi connectivity index (χ4n) is 1.73. The molecular weight excluding hydrogens is 220 g/mol. The smallest absolute Gasteiger partial charge is 0.354 e. The Labute approximate surface area is 98.6 Å². The first-order valence-electron chi connectivity index (χ1n) is 5.33. The number of nitrogens with zero attached hydrogens (tertiary/aromatic N) is 1. The molecule has 1 aromatic heterocycles. The van der Waals surface area contributed by atoms with Gasteiger partial charge in [0.2, 0.25) is 0 Å². The first kappa shape index (κ1) is 11.5. The van der Waals surface area contributed by atoms with E-state index in [0.717, 1.165) is 10.6 Å². The van der Waals surface area contributed by atoms with Gasteiger partial charge in [-0.1, -0.05) is 6.07 Å². The zero-order valence-corrected chi connectivity index (χ0v) is 9.69. The number of nitrogens with one attached hydrogen (secondary N) is 1. The molecule has 0 aliphatic carbocycles. The molecule has 90 valence electrons. The molecule has 0 fully saturated rings. The Hall–Kier alpha value is -2.01. The van der Waals surface area contributed by atoms with Gasteiger partial charge in [0.15, 0.2) is 0 Å². The number of H-pyrrole nitrogens is 1. The fraction of sp³-hybridized carbons (Fsp3) is 0.250. The molecule has 0 aliphatic heterocycles. The first-order chi connectivity index (χ1) is 8.13. The maximum atomic E-state index is 11.6. The molecule has 17 heavy (non-hydrogen) atoms. The molecule has 5 nitrogen and oxygen atoms in total. The van der Waals surface area contributed by atoms with E-state index in [0.29, 0.717) is 23.4 Å². The number of esters is 1. The van der Waals surface area contributed by atoms with Crippen molar-refractivity contribution in [1.82, 2.24) is 4.98 Å². The maximum absolute atomic E-state index is 11.6. The number of aromatic amines is 1. The normalized spacial score (nSPS) is 10.5. The van der Waals surface area contributed by atoms with Crippen LogP contribution in [0.25, 0.3) is 10.9 Å². The average Bonchev–Trinajstić information content (AvgIpc) is 2.72. The summed E-state index contributed by atoms with van der Waals surface area (Å²) in [5, 5.41) is 12.8. The standard InChI is InChI=1S/C12H13N2O3/c1-3-17-12(15)10-7-8-9(13-10)5-4-6-11(8)14(2)16/h4-7,13H,3H2,1-2H3/q-1. The van der Waals surface area contributed by atoms with Crippen LogP contribution in [0.5, 0.6) is 0 Å². The van der Waals surface area contributed by atoms with E-state index in [1.165, 1.54) is 7.05 Å². The largest absolute Gasteiger partial charge is 0.758 e. The lowest BCUT2D eigenvalue weighted by molar-refractivity contribution is 0.0520. The van der Waals surface area contributed by atoms with E-state index < -0.39 is 5.97 Å². The highest BCUT2D eigenvalue weighted by Gasteiger charge is 2.11. The van der Waals surface area contributed by atoms with Crippen molar-refractivity contribution in [3.05, 3.63) is 35.2 Å². The highest BCUT2D eigenvalue weighted by molar-refractivity contribution is 6.00. The molecule has 2 aromatic rings. The second-order valence-electron chi connectivity index (χ2n) is 3.64. The summed E-state index contributed by atoms with van der Waals surface area (Å²) in [5.74, 6) is -0.414. The summed E-state index contributed by atoms with van der Waals surface area (Å²) in [6.07, 6.45) is 0. The lowest BCUT2D eigenvalue weighted by Crippen LogP contribution is -2.05. The summed E-state index contributed by atoms with van der Waals surface area (Å²) in [5.41, 5.74) is 1.62. The Morgan fingerprint density at radius 3 is 2.94 bits per heavy atom. The first-order valence-corrected chi connectivity index (χ1v) is 5.33. The Bertz CT molecular complexity index is 546. The molecule has 0 bridgehead atoms. The van der Waals surface area contributed by atoms with E-state index in [1.54, 1.807) is 25.1 Å². The quantitative estimate of drug-likeness (QED) is 0.652. The van der Waals surface area contributed by atoms with E-state index >= 15 is 0 Å². The summed E-state index contributed by atoms with van der Waals surface area (Å²) < 4.78 is 4.90. The molecule has 0 unspecified atom stereocenters. The van der Waals surface area contributed by atoms with Gasteiger partial charge < -0.3 is 20.0 Å². The van der Waals surface area contributed by atoms with Crippen LogP contribution in [0.3, 0.4) is 0 Å². The van der Waals surface area contributed by atoms with Crippen LogP contribution in [0.2, 0.25) is 0 Å². The highest BCUT2D eigenvalue weighted by atomic mass is 16.5. The molecule has 1 N–H and O–H groups in total. The average molecular weight is 233 g/mol. The van der Waals surface area contributed by atoms with Crippen LogP contribution in [-0.2, 0) is 4.74 Å². The summed E-state index contributed by atoms with van der Waals surface area (Å²) in [6, 6.07) is 6.91. The van der Waals surface area contributed by atoms with Crippen LogP contribution in [0.15, 0.2) is 24.3 Å². The molecule has 0 aliphatic rings. The predicted molar refractivity (Wildman–Crippen MR) is 66.0 cm³/mol. The number of carbonyl (C=O) groups is 1. The van der Waals surface area contributed by atoms with Crippen LogP contribution in [-0.4, -0.2) is 24.6 Å². The monoisotopic (exact) mass is 233 g/mol. The van der Waals surface area contributed by atoms with Crippen LogP contribution in [0.1, 0.15) is 17.4 Å². The van der Waals surface area contributed by atoms with Crippen LogP contribution in [0, 0.1) is 5.21 Å². The van der Waals surface area contributed by atoms with Crippen molar-refractivity contribution in [2.24, 2.45) is 0 Å². The number of hydrogen-bond acceptors (Lipinski definition) is 4. The third-order valence-electron chi connectivity index (χ3n) is 2.48. The highest BCUT2D eigenvalue weighted by Crippen LogP contribution is 2.26. The van der Waals surface area contributed by atoms with Crippen molar-refractivity contribution in [3.8, 4) is 0 Å². The van der Waals surface area contributed by atoms with E-state index in [9.17, 15) is 10.0 Å². The van der Waals surface area contributed by atoms with Gasteiger partial charge in [-0.3, -0.25) is 0 Å². The maximum Gasteiger partial charge on any atom is 0.354 e. The van der Waals surface area contributed by atoms with Crippen molar-refractivity contribution in [3.63, 3.8) is 0 Å². The molecule has 1 heterocycles. The minimum Gasteiger partial charge on any atom is -0.758 e. The lowest BCUT2D eigenvalue weighted by Gasteiger charge is -2.25. The topological polar surface area (TPSA) is 68.4 Å². The van der Waals surface area contributed by atoms with Gasteiger partial charge in [0, 0.05) is 16.6 Å². The predicted octanol–water partition coefficient (Wildman–Crippen LogP) is 2.28. The Morgan fingerprint density at radius 1 is 1.53 bits per heavy atom. The van der Waals surface area contributed by atoms with Gasteiger partial charge in [-0.2, -0.15) is 0 Å². The summed E-state index contributed by atoms with van der Waals surface area (Å²) >= 11 is 0. The minimum absolute atomic E-state index is 0.322. The zero-order valence-electron chi connectivity index (χ0n) is 9.69. The van der Waals surface area contributed by atoms with Gasteiger partial charge in [0.05, 0.1) is 6.61 Å². The van der Waals surface area contributed by atoms with Gasteiger partial charge in [-0.15, -0.1) is 0 Å². The van der Waals surface area contributed by atoms with Crippen molar-refractivity contribution < 1.29 is 9.53 Å². The van der Waals surface area contributed by atoms with Gasteiger partial charge >= 0.3 is 5.97 Å². The number of rotatable bonds is 3. The molecule has 0 atom stereocenters. The summed E-state index contributed by atoms with van der Waals surface area (Å²) in [6.45, 7) is 2.07. The molecular formula is C12H13N2O3-. The molecule has 1 aromatic carbocycles. The summed E-state index contributed by atoms with van der Waals surface area (Å²) in [7, 11) is 1.42. The molecule has 0 saturated carbocycles. The Balaban J connectivity index is 2.50. The third-order valence-corrected chi connectivity index (χ3v) is 2.48. The number of anilines is 1. The molecule has 0 radical (unpaired) electrons. The fourth-order valence-corrected chi connectivity index (χ4v) is 1.73. The number of fused-ring (bicyclic) bond motifs is 1. The van der Waals surface area contributed by atoms with E-state index in [4.69, 9.17) is 4.74 Å². The Morgan fingerprint density at radius 2 is 2.29 bits per heavy atom. The zero-order chi connectivity index (χ0) is 12.4. The molecule has 5 heteroatoms. The molecule has 0 amide bonds. The summed E-state index contributed by atoms with van der Waals surface area (Å²) in [4.78, 5) is 14.5. The number of hydroxylamine groups is 1. The minimum atomic E-state index is -0.414. The van der Waals surface area contributed by atoms with Crippen molar-refractivity contribution in [1.29, 1.82) is 0 Å². The van der Waals surface area contributed by atoms with Crippen LogP contribution < -0.4 is 5.06 Å². The number of carbonyl (C=O) groups excluding carboxylic acids is 1. The number of aromatic nitrogens is 1. The Kier molecular flexibility index (Phi) is 3.01. The van der Waals surface area contributed by atoms with Crippen LogP contribution in [0.4, 0.5) is 5.69 Å². The lowest BCUT2D eigenvalue weighted by atomic mass is 10.2. The molecule has 0 spiro atoms. The number of hydrogen-bond donors (Lipinski definition) is 1.